The lowest BCUT2D eigenvalue weighted by atomic mass is 10.1. The molecule has 0 spiro atoms. The van der Waals surface area contributed by atoms with Gasteiger partial charge in [0.05, 0.1) is 0 Å². The number of hydrogen-bond donors (Lipinski definition) is 1. The molecule has 0 radical (unpaired) electrons. The molecule has 142 valence electrons. The lowest BCUT2D eigenvalue weighted by molar-refractivity contribution is -0.119. The highest BCUT2D eigenvalue weighted by molar-refractivity contribution is 7.18. The van der Waals surface area contributed by atoms with Gasteiger partial charge < -0.3 is 4.90 Å². The van der Waals surface area contributed by atoms with Gasteiger partial charge in [0.15, 0.2) is 0 Å². The number of amides is 2. The van der Waals surface area contributed by atoms with Crippen LogP contribution in [0.5, 0.6) is 0 Å². The van der Waals surface area contributed by atoms with Crippen LogP contribution in [0.3, 0.4) is 0 Å². The molecule has 2 amide bonds. The van der Waals surface area contributed by atoms with E-state index in [1.54, 1.807) is 0 Å². The Bertz CT molecular complexity index is 991. The van der Waals surface area contributed by atoms with Gasteiger partial charge in [0.2, 0.25) is 11.0 Å². The second kappa shape index (κ2) is 7.85. The van der Waals surface area contributed by atoms with E-state index in [0.29, 0.717) is 28.7 Å². The summed E-state index contributed by atoms with van der Waals surface area (Å²) in [6, 6.07) is 14.3. The molecule has 0 unspecified atom stereocenters. The summed E-state index contributed by atoms with van der Waals surface area (Å²) >= 11 is 1.28. The lowest BCUT2D eigenvalue weighted by Crippen LogP contribution is -2.43. The molecule has 1 aromatic heterocycles. The maximum atomic E-state index is 13.1. The maximum Gasteiger partial charge on any atom is 0.254 e. The third kappa shape index (κ3) is 3.77. The Morgan fingerprint density at radius 1 is 1.07 bits per heavy atom. The summed E-state index contributed by atoms with van der Waals surface area (Å²) in [5.41, 5.74) is 1.29. The van der Waals surface area contributed by atoms with Gasteiger partial charge in [-0.05, 0) is 37.1 Å². The van der Waals surface area contributed by atoms with E-state index in [1.165, 1.54) is 40.5 Å². The Balaban J connectivity index is 1.46. The first kappa shape index (κ1) is 18.2. The van der Waals surface area contributed by atoms with E-state index in [4.69, 9.17) is 0 Å². The summed E-state index contributed by atoms with van der Waals surface area (Å²) < 4.78 is 13.1. The van der Waals surface area contributed by atoms with E-state index < -0.39 is 11.9 Å². The Kier molecular flexibility index (Phi) is 5.12. The monoisotopic (exact) mass is 396 g/mol. The first-order valence-corrected chi connectivity index (χ1v) is 9.70. The highest BCUT2D eigenvalue weighted by Crippen LogP contribution is 2.27. The quantitative estimate of drug-likeness (QED) is 0.731. The summed E-state index contributed by atoms with van der Waals surface area (Å²) in [6.45, 7) is 0.486. The van der Waals surface area contributed by atoms with Crippen LogP contribution in [-0.4, -0.2) is 39.5 Å². The minimum absolute atomic E-state index is 0.278. The number of carbonyl (C=O) groups is 2. The Morgan fingerprint density at radius 3 is 2.57 bits per heavy atom. The van der Waals surface area contributed by atoms with Gasteiger partial charge in [-0.3, -0.25) is 14.9 Å². The molecule has 1 aliphatic rings. The van der Waals surface area contributed by atoms with Crippen molar-refractivity contribution < 1.29 is 14.0 Å². The minimum Gasteiger partial charge on any atom is -0.327 e. The first-order valence-electron chi connectivity index (χ1n) is 8.88. The average molecular weight is 396 g/mol. The summed E-state index contributed by atoms with van der Waals surface area (Å²) in [7, 11) is 0. The predicted molar refractivity (Wildman–Crippen MR) is 104 cm³/mol. The third-order valence-electron chi connectivity index (χ3n) is 4.58. The van der Waals surface area contributed by atoms with Crippen LogP contribution in [-0.2, 0) is 4.79 Å². The average Bonchev–Trinajstić information content (AvgIpc) is 3.38. The van der Waals surface area contributed by atoms with Crippen LogP contribution in [0.15, 0.2) is 54.6 Å². The second-order valence-electron chi connectivity index (χ2n) is 6.43. The zero-order chi connectivity index (χ0) is 19.5. The normalized spacial score (nSPS) is 16.2. The van der Waals surface area contributed by atoms with Crippen LogP contribution in [0.4, 0.5) is 9.52 Å². The molecule has 1 N–H and O–H groups in total. The standard InChI is InChI=1S/C20H17FN4O2S/c21-15-10-8-14(9-11-15)19(27)25-12-4-7-16(25)17(26)22-20-24-23-18(28-20)13-5-2-1-3-6-13/h1-3,5-6,8-11,16H,4,7,12H2,(H,22,24,26)/t16-/m1/s1. The van der Waals surface area contributed by atoms with Gasteiger partial charge in [-0.15, -0.1) is 10.2 Å². The van der Waals surface area contributed by atoms with Gasteiger partial charge in [0.1, 0.15) is 16.9 Å². The molecule has 1 fully saturated rings. The van der Waals surface area contributed by atoms with E-state index in [0.717, 1.165) is 12.0 Å². The number of carbonyl (C=O) groups excluding carboxylic acids is 2. The van der Waals surface area contributed by atoms with Crippen LogP contribution in [0.1, 0.15) is 23.2 Å². The van der Waals surface area contributed by atoms with Crippen molar-refractivity contribution in [2.45, 2.75) is 18.9 Å². The molecular formula is C20H17FN4O2S. The number of benzene rings is 2. The van der Waals surface area contributed by atoms with Crippen molar-refractivity contribution in [3.63, 3.8) is 0 Å². The van der Waals surface area contributed by atoms with Crippen LogP contribution >= 0.6 is 11.3 Å². The molecule has 2 heterocycles. The Labute approximate surface area is 165 Å². The predicted octanol–water partition coefficient (Wildman–Crippen LogP) is 3.59. The van der Waals surface area contributed by atoms with E-state index in [-0.39, 0.29) is 11.8 Å². The molecule has 6 nitrogen and oxygen atoms in total. The van der Waals surface area contributed by atoms with Crippen molar-refractivity contribution in [3.8, 4) is 10.6 Å². The molecule has 4 rings (SSSR count). The smallest absolute Gasteiger partial charge is 0.254 e. The SMILES string of the molecule is O=C(Nc1nnc(-c2ccccc2)s1)[C@H]1CCCN1C(=O)c1ccc(F)cc1. The minimum atomic E-state index is -0.582. The van der Waals surface area contributed by atoms with Crippen molar-refractivity contribution in [2.24, 2.45) is 0 Å². The molecule has 1 aliphatic heterocycles. The fraction of sp³-hybridized carbons (Fsp3) is 0.200. The maximum absolute atomic E-state index is 13.1. The van der Waals surface area contributed by atoms with Crippen LogP contribution in [0.25, 0.3) is 10.6 Å². The number of aromatic nitrogens is 2. The van der Waals surface area contributed by atoms with Gasteiger partial charge in [-0.25, -0.2) is 4.39 Å². The Morgan fingerprint density at radius 2 is 1.82 bits per heavy atom. The highest BCUT2D eigenvalue weighted by Gasteiger charge is 2.35. The number of hydrogen-bond acceptors (Lipinski definition) is 5. The van der Waals surface area contributed by atoms with Gasteiger partial charge >= 0.3 is 0 Å². The molecule has 2 aromatic carbocycles. The first-order chi connectivity index (χ1) is 13.6. The van der Waals surface area contributed by atoms with Crippen molar-refractivity contribution in [1.29, 1.82) is 0 Å². The fourth-order valence-corrected chi connectivity index (χ4v) is 3.95. The largest absolute Gasteiger partial charge is 0.327 e. The van der Waals surface area contributed by atoms with Gasteiger partial charge in [0.25, 0.3) is 5.91 Å². The summed E-state index contributed by atoms with van der Waals surface area (Å²) in [5.74, 6) is -0.971. The highest BCUT2D eigenvalue weighted by atomic mass is 32.1. The molecule has 0 saturated carbocycles. The Hall–Kier alpha value is -3.13. The molecule has 8 heteroatoms. The van der Waals surface area contributed by atoms with Gasteiger partial charge in [0, 0.05) is 17.7 Å². The van der Waals surface area contributed by atoms with Crippen LogP contribution < -0.4 is 5.32 Å². The van der Waals surface area contributed by atoms with Crippen molar-refractivity contribution in [2.75, 3.05) is 11.9 Å². The van der Waals surface area contributed by atoms with E-state index in [1.807, 2.05) is 30.3 Å². The van der Waals surface area contributed by atoms with Crippen molar-refractivity contribution in [3.05, 3.63) is 66.0 Å². The fourth-order valence-electron chi connectivity index (χ4n) is 3.20. The number of likely N-dealkylation sites (tertiary alicyclic amines) is 1. The molecule has 28 heavy (non-hydrogen) atoms. The number of nitrogens with one attached hydrogen (secondary N) is 1. The summed E-state index contributed by atoms with van der Waals surface area (Å²) in [6.07, 6.45) is 1.31. The third-order valence-corrected chi connectivity index (χ3v) is 5.47. The number of rotatable bonds is 4. The van der Waals surface area contributed by atoms with Crippen LogP contribution in [0.2, 0.25) is 0 Å². The molecule has 1 saturated heterocycles. The second-order valence-corrected chi connectivity index (χ2v) is 7.41. The van der Waals surface area contributed by atoms with Gasteiger partial charge in [-0.2, -0.15) is 0 Å². The summed E-state index contributed by atoms with van der Waals surface area (Å²) in [5, 5.41) is 12.0. The van der Waals surface area contributed by atoms with E-state index in [2.05, 4.69) is 15.5 Å². The van der Waals surface area contributed by atoms with E-state index >= 15 is 0 Å². The topological polar surface area (TPSA) is 75.2 Å². The van der Waals surface area contributed by atoms with Gasteiger partial charge in [-0.1, -0.05) is 41.7 Å². The molecule has 0 bridgehead atoms. The molecule has 0 aliphatic carbocycles. The van der Waals surface area contributed by atoms with Crippen LogP contribution in [0, 0.1) is 5.82 Å². The summed E-state index contributed by atoms with van der Waals surface area (Å²) in [4.78, 5) is 27.0. The molecule has 3 aromatic rings. The number of halogens is 1. The zero-order valence-electron chi connectivity index (χ0n) is 14.8. The van der Waals surface area contributed by atoms with Crippen molar-refractivity contribution in [1.82, 2.24) is 15.1 Å². The zero-order valence-corrected chi connectivity index (χ0v) is 15.7. The van der Waals surface area contributed by atoms with Crippen molar-refractivity contribution >= 4 is 28.3 Å². The van der Waals surface area contributed by atoms with E-state index in [9.17, 15) is 14.0 Å². The molecular weight excluding hydrogens is 379 g/mol. The number of nitrogens with zero attached hydrogens (tertiary/aromatic N) is 3. The molecule has 1 atom stereocenters. The lowest BCUT2D eigenvalue weighted by Gasteiger charge is -2.23. The number of anilines is 1.